The van der Waals surface area contributed by atoms with Gasteiger partial charge in [0.2, 0.25) is 5.88 Å². The predicted molar refractivity (Wildman–Crippen MR) is 143 cm³/mol. The maximum absolute atomic E-state index is 10.7. The second kappa shape index (κ2) is 9.18. The number of phenolic OH excluding ortho intramolecular Hbond substituents is 1. The van der Waals surface area contributed by atoms with Crippen LogP contribution in [0.15, 0.2) is 47.5 Å². The normalized spacial score (nSPS) is 19.3. The molecule has 0 amide bonds. The van der Waals surface area contributed by atoms with Crippen molar-refractivity contribution in [3.8, 4) is 17.4 Å². The highest BCUT2D eigenvalue weighted by molar-refractivity contribution is 6.00. The Morgan fingerprint density at radius 3 is 2.51 bits per heavy atom. The van der Waals surface area contributed by atoms with Crippen molar-refractivity contribution < 1.29 is 9.84 Å². The van der Waals surface area contributed by atoms with Crippen molar-refractivity contribution in [2.45, 2.75) is 84.2 Å². The zero-order valence-corrected chi connectivity index (χ0v) is 21.6. The summed E-state index contributed by atoms with van der Waals surface area (Å²) in [5, 5.41) is 11.6. The first-order chi connectivity index (χ1) is 16.7. The molecule has 35 heavy (non-hydrogen) atoms. The van der Waals surface area contributed by atoms with Crippen LogP contribution in [0, 0.1) is 6.92 Å². The van der Waals surface area contributed by atoms with Crippen LogP contribution in [-0.4, -0.2) is 39.5 Å². The van der Waals surface area contributed by atoms with Crippen molar-refractivity contribution in [2.24, 2.45) is 4.99 Å². The van der Waals surface area contributed by atoms with Gasteiger partial charge in [0, 0.05) is 29.6 Å². The Balaban J connectivity index is 1.44. The predicted octanol–water partition coefficient (Wildman–Crippen LogP) is 7.12. The molecule has 5 heteroatoms. The Morgan fingerprint density at radius 2 is 1.77 bits per heavy atom. The van der Waals surface area contributed by atoms with Gasteiger partial charge in [-0.3, -0.25) is 4.99 Å². The number of aromatic hydroxyl groups is 1. The summed E-state index contributed by atoms with van der Waals surface area (Å²) < 4.78 is 6.23. The van der Waals surface area contributed by atoms with Crippen LogP contribution in [0.1, 0.15) is 76.5 Å². The molecular weight excluding hydrogens is 434 g/mol. The molecule has 0 spiro atoms. The van der Waals surface area contributed by atoms with Gasteiger partial charge in [0.15, 0.2) is 0 Å². The number of nitrogens with zero attached hydrogens (tertiary/aromatic N) is 3. The van der Waals surface area contributed by atoms with Crippen molar-refractivity contribution in [1.82, 2.24) is 9.88 Å². The van der Waals surface area contributed by atoms with Gasteiger partial charge < -0.3 is 14.7 Å². The number of aliphatic imine (C=N–C) groups is 1. The highest BCUT2D eigenvalue weighted by Crippen LogP contribution is 2.34. The molecule has 184 valence electrons. The molecule has 2 aliphatic rings. The van der Waals surface area contributed by atoms with Crippen LogP contribution in [0.5, 0.6) is 17.4 Å². The molecule has 1 saturated carbocycles. The topological polar surface area (TPSA) is 58.0 Å². The van der Waals surface area contributed by atoms with Crippen LogP contribution < -0.4 is 4.74 Å². The van der Waals surface area contributed by atoms with E-state index in [1.54, 1.807) is 0 Å². The maximum atomic E-state index is 10.7. The Kier molecular flexibility index (Phi) is 6.20. The smallest absolute Gasteiger partial charge is 0.219 e. The van der Waals surface area contributed by atoms with Gasteiger partial charge in [-0.1, -0.05) is 40.0 Å². The molecule has 5 nitrogen and oxygen atoms in total. The van der Waals surface area contributed by atoms with E-state index in [4.69, 9.17) is 9.73 Å². The number of benzene rings is 2. The number of amidine groups is 1. The molecule has 2 heterocycles. The second-order valence-corrected chi connectivity index (χ2v) is 11.3. The lowest BCUT2D eigenvalue weighted by atomic mass is 9.86. The third-order valence-corrected chi connectivity index (χ3v) is 7.24. The lowest BCUT2D eigenvalue weighted by molar-refractivity contribution is 0.252. The number of fused-ring (bicyclic) bond motifs is 1. The molecule has 0 saturated heterocycles. The number of hydrogen-bond donors (Lipinski definition) is 1. The van der Waals surface area contributed by atoms with Crippen LogP contribution in [0.25, 0.3) is 10.9 Å². The summed E-state index contributed by atoms with van der Waals surface area (Å²) in [4.78, 5) is 12.2. The molecule has 0 bridgehead atoms. The van der Waals surface area contributed by atoms with Crippen LogP contribution in [0.2, 0.25) is 0 Å². The fourth-order valence-corrected chi connectivity index (χ4v) is 5.39. The summed E-state index contributed by atoms with van der Waals surface area (Å²) in [5.41, 5.74) is 3.82. The van der Waals surface area contributed by atoms with Gasteiger partial charge in [0.25, 0.3) is 0 Å². The molecule has 1 atom stereocenters. The van der Waals surface area contributed by atoms with Gasteiger partial charge in [-0.25, -0.2) is 4.98 Å². The van der Waals surface area contributed by atoms with E-state index in [9.17, 15) is 5.11 Å². The molecule has 1 N–H and O–H groups in total. The molecule has 5 rings (SSSR count). The number of aromatic nitrogens is 1. The average Bonchev–Trinajstić information content (AvgIpc) is 3.21. The van der Waals surface area contributed by atoms with E-state index in [0.29, 0.717) is 23.5 Å². The van der Waals surface area contributed by atoms with E-state index in [2.05, 4.69) is 62.7 Å². The molecule has 3 aromatic rings. The van der Waals surface area contributed by atoms with E-state index >= 15 is 0 Å². The first-order valence-electron chi connectivity index (χ1n) is 13.0. The second-order valence-electron chi connectivity index (χ2n) is 11.3. The molecule has 1 aliphatic carbocycles. The first-order valence-corrected chi connectivity index (χ1v) is 13.0. The lowest BCUT2D eigenvalue weighted by Crippen LogP contribution is -2.40. The summed E-state index contributed by atoms with van der Waals surface area (Å²) >= 11 is 0. The molecule has 2 aromatic carbocycles. The average molecular weight is 472 g/mol. The van der Waals surface area contributed by atoms with E-state index in [0.717, 1.165) is 40.2 Å². The molecule has 1 aliphatic heterocycles. The summed E-state index contributed by atoms with van der Waals surface area (Å²) in [6, 6.07) is 14.9. The summed E-state index contributed by atoms with van der Waals surface area (Å²) in [5.74, 6) is 2.49. The molecular formula is C30H37N3O2. The monoisotopic (exact) mass is 471 g/mol. The largest absolute Gasteiger partial charge is 0.506 e. The van der Waals surface area contributed by atoms with E-state index in [-0.39, 0.29) is 11.2 Å². The number of pyridine rings is 1. The highest BCUT2D eigenvalue weighted by atomic mass is 16.5. The number of aryl methyl sites for hydroxylation is 1. The van der Waals surface area contributed by atoms with Crippen molar-refractivity contribution in [3.05, 3.63) is 59.2 Å². The fourth-order valence-electron chi connectivity index (χ4n) is 5.39. The Morgan fingerprint density at radius 1 is 1.00 bits per heavy atom. The summed E-state index contributed by atoms with van der Waals surface area (Å²) in [6.45, 7) is 11.7. The minimum absolute atomic E-state index is 0.0508. The fraction of sp³-hybridized carbons (Fsp3) is 0.467. The third-order valence-electron chi connectivity index (χ3n) is 7.24. The Hall–Kier alpha value is -3.08. The zero-order chi connectivity index (χ0) is 24.7. The maximum Gasteiger partial charge on any atom is 0.219 e. The van der Waals surface area contributed by atoms with Gasteiger partial charge in [0.05, 0.1) is 6.04 Å². The summed E-state index contributed by atoms with van der Waals surface area (Å²) in [7, 11) is 0. The SMILES string of the molecule is Cc1cc(Oc2ccc3cc(C(C)(C)C)cc(O)c3n2)cc(C2=N[C@@H](C)CN2C2CCCCC2)c1. The molecule has 0 unspecified atom stereocenters. The standard InChI is InChI=1S/C30H37N3O2/c1-19-13-22(29-31-20(2)18-33(29)24-9-7-6-8-10-24)16-25(14-19)35-27-12-11-21-15-23(30(3,4)5)17-26(34)28(21)32-27/h11-17,20,24,34H,6-10,18H2,1-5H3/t20-/m0/s1. The van der Waals surface area contributed by atoms with Crippen LogP contribution in [0.4, 0.5) is 0 Å². The molecule has 0 radical (unpaired) electrons. The van der Waals surface area contributed by atoms with E-state index < -0.39 is 0 Å². The van der Waals surface area contributed by atoms with Crippen molar-refractivity contribution in [1.29, 1.82) is 0 Å². The van der Waals surface area contributed by atoms with Gasteiger partial charge in [-0.15, -0.1) is 0 Å². The van der Waals surface area contributed by atoms with Crippen molar-refractivity contribution >= 4 is 16.7 Å². The van der Waals surface area contributed by atoms with Crippen LogP contribution in [0.3, 0.4) is 0 Å². The van der Waals surface area contributed by atoms with Gasteiger partial charge in [0.1, 0.15) is 22.9 Å². The number of ether oxygens (including phenoxy) is 1. The Bertz CT molecular complexity index is 1270. The first kappa shape index (κ1) is 23.7. The minimum atomic E-state index is -0.0508. The third kappa shape index (κ3) is 5.00. The van der Waals surface area contributed by atoms with E-state index in [1.807, 2.05) is 24.3 Å². The van der Waals surface area contributed by atoms with Gasteiger partial charge in [-0.2, -0.15) is 0 Å². The quantitative estimate of drug-likeness (QED) is 0.440. The van der Waals surface area contributed by atoms with Crippen LogP contribution in [-0.2, 0) is 5.41 Å². The van der Waals surface area contributed by atoms with Crippen molar-refractivity contribution in [2.75, 3.05) is 6.54 Å². The summed E-state index contributed by atoms with van der Waals surface area (Å²) in [6.07, 6.45) is 6.47. The molecule has 1 fully saturated rings. The minimum Gasteiger partial charge on any atom is -0.506 e. The number of hydrogen-bond acceptors (Lipinski definition) is 5. The van der Waals surface area contributed by atoms with E-state index in [1.165, 1.54) is 32.1 Å². The molecule has 1 aromatic heterocycles. The van der Waals surface area contributed by atoms with Crippen LogP contribution >= 0.6 is 0 Å². The highest BCUT2D eigenvalue weighted by Gasteiger charge is 2.31. The zero-order valence-electron chi connectivity index (χ0n) is 21.6. The number of phenols is 1. The number of rotatable bonds is 4. The Labute approximate surface area is 208 Å². The van der Waals surface area contributed by atoms with Crippen molar-refractivity contribution in [3.63, 3.8) is 0 Å². The lowest BCUT2D eigenvalue weighted by Gasteiger charge is -2.34. The van der Waals surface area contributed by atoms with Gasteiger partial charge >= 0.3 is 0 Å². The van der Waals surface area contributed by atoms with Gasteiger partial charge in [-0.05, 0) is 79.6 Å².